The summed E-state index contributed by atoms with van der Waals surface area (Å²) in [5.74, 6) is -2.91. The van der Waals surface area contributed by atoms with E-state index >= 15 is 0 Å². The van der Waals surface area contributed by atoms with E-state index in [4.69, 9.17) is 18.9 Å². The van der Waals surface area contributed by atoms with Crippen LogP contribution in [0.1, 0.15) is 48.0 Å². The lowest BCUT2D eigenvalue weighted by Gasteiger charge is -2.51. The van der Waals surface area contributed by atoms with Crippen molar-refractivity contribution in [1.82, 2.24) is 0 Å². The van der Waals surface area contributed by atoms with Gasteiger partial charge in [-0.05, 0) is 25.8 Å². The Balaban J connectivity index is 1.93. The Morgan fingerprint density at radius 3 is 2.36 bits per heavy atom. The van der Waals surface area contributed by atoms with E-state index in [1.165, 1.54) is 13.8 Å². The highest BCUT2D eigenvalue weighted by atomic mass is 16.7. The molecule has 2 aliphatic carbocycles. The summed E-state index contributed by atoms with van der Waals surface area (Å²) in [4.78, 5) is 36.8. The van der Waals surface area contributed by atoms with Gasteiger partial charge in [-0.25, -0.2) is 4.79 Å². The molecule has 182 valence electrons. The van der Waals surface area contributed by atoms with Gasteiger partial charge in [0.1, 0.15) is 12.2 Å². The molecule has 1 spiro atoms. The fourth-order valence-corrected chi connectivity index (χ4v) is 6.23. The van der Waals surface area contributed by atoms with Gasteiger partial charge in [0.15, 0.2) is 17.3 Å². The Morgan fingerprint density at radius 2 is 1.79 bits per heavy atom. The first-order valence-electron chi connectivity index (χ1n) is 11.3. The number of ether oxygens (including phenoxy) is 4. The minimum atomic E-state index is -1.34. The number of carbonyl (C=O) groups is 3. The largest absolute Gasteiger partial charge is 0.458 e. The Hall–Kier alpha value is -2.23. The molecular formula is C24H32O9. The van der Waals surface area contributed by atoms with Gasteiger partial charge in [0.05, 0.1) is 12.2 Å². The van der Waals surface area contributed by atoms with E-state index in [1.54, 1.807) is 45.9 Å². The molecule has 0 saturated carbocycles. The number of hydrogen-bond donors (Lipinski definition) is 2. The maximum atomic E-state index is 12.7. The lowest BCUT2D eigenvalue weighted by atomic mass is 9.57. The van der Waals surface area contributed by atoms with Crippen LogP contribution in [0.3, 0.4) is 0 Å². The third-order valence-corrected chi connectivity index (χ3v) is 7.90. The van der Waals surface area contributed by atoms with E-state index in [0.29, 0.717) is 0 Å². The zero-order valence-corrected chi connectivity index (χ0v) is 19.7. The molecule has 2 aliphatic heterocycles. The second kappa shape index (κ2) is 7.65. The van der Waals surface area contributed by atoms with Crippen LogP contribution in [-0.2, 0) is 33.3 Å². The molecule has 9 nitrogen and oxygen atoms in total. The van der Waals surface area contributed by atoms with Crippen molar-refractivity contribution < 1.29 is 43.5 Å². The molecule has 10 atom stereocenters. The number of aliphatic hydroxyl groups excluding tert-OH is 2. The molecule has 0 aromatic heterocycles. The Bertz CT molecular complexity index is 940. The fraction of sp³-hybridized carbons (Fsp3) is 0.708. The normalized spacial score (nSPS) is 50.0. The van der Waals surface area contributed by atoms with Crippen LogP contribution >= 0.6 is 0 Å². The van der Waals surface area contributed by atoms with E-state index in [2.05, 4.69) is 0 Å². The van der Waals surface area contributed by atoms with Gasteiger partial charge >= 0.3 is 17.9 Å². The zero-order valence-electron chi connectivity index (χ0n) is 19.7. The minimum Gasteiger partial charge on any atom is -0.458 e. The van der Waals surface area contributed by atoms with Gasteiger partial charge in [-0.15, -0.1) is 0 Å². The highest BCUT2D eigenvalue weighted by molar-refractivity contribution is 5.88. The number of esters is 3. The molecule has 2 saturated heterocycles. The maximum Gasteiger partial charge on any atom is 0.342 e. The van der Waals surface area contributed by atoms with Crippen LogP contribution in [0.5, 0.6) is 0 Å². The standard InChI is InChI=1S/C24H32O9/c1-11-9-16(30-13(3)25)20(31-14(4)26)22(5)8-7-15(27)12(2)18(22)19(28)24-17(10-11)32-21(29)23(24,6)33-24/h7-8,10,12,15-20,27-28H,9H2,1-6H3/b11-10-/t12-,15+,16-,17-,18+,19-,20-,22-,23-,24-/m1/s1. The van der Waals surface area contributed by atoms with Crippen molar-refractivity contribution in [3.63, 3.8) is 0 Å². The van der Waals surface area contributed by atoms with Gasteiger partial charge in [-0.1, -0.05) is 31.6 Å². The molecule has 2 fully saturated rings. The van der Waals surface area contributed by atoms with Gasteiger partial charge in [-0.2, -0.15) is 0 Å². The van der Waals surface area contributed by atoms with Crippen molar-refractivity contribution in [2.75, 3.05) is 0 Å². The number of epoxide rings is 1. The Labute approximate surface area is 192 Å². The predicted molar refractivity (Wildman–Crippen MR) is 113 cm³/mol. The van der Waals surface area contributed by atoms with Crippen molar-refractivity contribution >= 4 is 17.9 Å². The molecule has 0 aromatic carbocycles. The monoisotopic (exact) mass is 464 g/mol. The molecule has 4 aliphatic rings. The van der Waals surface area contributed by atoms with E-state index in [1.807, 2.05) is 0 Å². The zero-order chi connectivity index (χ0) is 24.5. The lowest BCUT2D eigenvalue weighted by molar-refractivity contribution is -0.189. The fourth-order valence-electron chi connectivity index (χ4n) is 6.23. The molecule has 0 unspecified atom stereocenters. The predicted octanol–water partition coefficient (Wildman–Crippen LogP) is 1.20. The quantitative estimate of drug-likeness (QED) is 0.268. The topological polar surface area (TPSA) is 132 Å². The van der Waals surface area contributed by atoms with Gasteiger partial charge in [0, 0.05) is 31.6 Å². The summed E-state index contributed by atoms with van der Waals surface area (Å²) in [5.41, 5.74) is -3.02. The molecule has 0 aromatic rings. The van der Waals surface area contributed by atoms with Crippen LogP contribution < -0.4 is 0 Å². The van der Waals surface area contributed by atoms with Gasteiger partial charge in [-0.3, -0.25) is 9.59 Å². The molecule has 33 heavy (non-hydrogen) atoms. The van der Waals surface area contributed by atoms with E-state index in [0.717, 1.165) is 5.57 Å². The third-order valence-electron chi connectivity index (χ3n) is 7.90. The molecular weight excluding hydrogens is 432 g/mol. The summed E-state index contributed by atoms with van der Waals surface area (Å²) in [7, 11) is 0. The van der Waals surface area contributed by atoms with Crippen LogP contribution in [0.2, 0.25) is 0 Å². The van der Waals surface area contributed by atoms with Crippen molar-refractivity contribution in [1.29, 1.82) is 0 Å². The minimum absolute atomic E-state index is 0.210. The lowest BCUT2D eigenvalue weighted by Crippen LogP contribution is -2.61. The summed E-state index contributed by atoms with van der Waals surface area (Å²) < 4.78 is 23.0. The van der Waals surface area contributed by atoms with Crippen molar-refractivity contribution in [2.45, 2.75) is 89.7 Å². The summed E-state index contributed by atoms with van der Waals surface area (Å²) in [6.07, 6.45) is 0.369. The molecule has 2 N–H and O–H groups in total. The van der Waals surface area contributed by atoms with Crippen LogP contribution in [-0.4, -0.2) is 69.8 Å². The maximum absolute atomic E-state index is 12.7. The summed E-state index contributed by atoms with van der Waals surface area (Å²) in [5, 5.41) is 22.5. The van der Waals surface area contributed by atoms with Crippen molar-refractivity contribution in [3.8, 4) is 0 Å². The highest BCUT2D eigenvalue weighted by Gasteiger charge is 2.85. The molecule has 9 heteroatoms. The van der Waals surface area contributed by atoms with E-state index in [-0.39, 0.29) is 6.42 Å². The average Bonchev–Trinajstić information content (AvgIpc) is 3.29. The Kier molecular flexibility index (Phi) is 5.54. The number of fused-ring (bicyclic) bond motifs is 1. The first-order valence-corrected chi connectivity index (χ1v) is 11.3. The van der Waals surface area contributed by atoms with Gasteiger partial charge < -0.3 is 29.2 Å². The number of carbonyl (C=O) groups excluding carboxylic acids is 3. The Morgan fingerprint density at radius 1 is 1.15 bits per heavy atom. The summed E-state index contributed by atoms with van der Waals surface area (Å²) >= 11 is 0. The summed E-state index contributed by atoms with van der Waals surface area (Å²) in [6, 6.07) is 0. The summed E-state index contributed by atoms with van der Waals surface area (Å²) in [6.45, 7) is 9.51. The number of hydrogen-bond acceptors (Lipinski definition) is 9. The van der Waals surface area contributed by atoms with Crippen LogP contribution in [0.4, 0.5) is 0 Å². The number of rotatable bonds is 2. The van der Waals surface area contributed by atoms with Gasteiger partial charge in [0.2, 0.25) is 0 Å². The van der Waals surface area contributed by atoms with Crippen LogP contribution in [0.25, 0.3) is 0 Å². The first kappa shape index (κ1) is 23.9. The SMILES string of the molecule is CC(=O)O[C@@H]1[C@H](OC(C)=O)C/C(C)=C\[C@H]2OC(=O)[C@@]3(C)O[C@@]23[C@H](O)[C@@H]2[C@H](C)[C@@H](O)C=C[C@]21C. The molecule has 4 rings (SSSR count). The molecule has 2 heterocycles. The first-order chi connectivity index (χ1) is 15.3. The van der Waals surface area contributed by atoms with Crippen LogP contribution in [0, 0.1) is 17.3 Å². The van der Waals surface area contributed by atoms with E-state index in [9.17, 15) is 24.6 Å². The second-order valence-corrected chi connectivity index (χ2v) is 10.2. The van der Waals surface area contributed by atoms with E-state index < -0.39 is 76.9 Å². The average molecular weight is 465 g/mol. The van der Waals surface area contributed by atoms with Crippen molar-refractivity contribution in [3.05, 3.63) is 23.8 Å². The third kappa shape index (κ3) is 3.35. The smallest absolute Gasteiger partial charge is 0.342 e. The molecule has 0 bridgehead atoms. The molecule has 0 radical (unpaired) electrons. The second-order valence-electron chi connectivity index (χ2n) is 10.2. The van der Waals surface area contributed by atoms with Gasteiger partial charge in [0.25, 0.3) is 0 Å². The van der Waals surface area contributed by atoms with Crippen LogP contribution in [0.15, 0.2) is 23.8 Å². The molecule has 0 amide bonds. The number of aliphatic hydroxyl groups is 2. The highest BCUT2D eigenvalue weighted by Crippen LogP contribution is 2.64. The van der Waals surface area contributed by atoms with Crippen molar-refractivity contribution in [2.24, 2.45) is 17.3 Å².